The first-order valence-corrected chi connectivity index (χ1v) is 39.0. The Labute approximate surface area is 675 Å². The number of primary amides is 1. The third-order valence-corrected chi connectivity index (χ3v) is 18.8. The minimum atomic E-state index is -1.51. The molecule has 0 saturated carbocycles. The maximum Gasteiger partial charge on any atom is 0.245 e. The molecule has 0 unspecified atom stereocenters. The van der Waals surface area contributed by atoms with Gasteiger partial charge >= 0.3 is 0 Å². The number of nitrogens with zero attached hydrogens (tertiary/aromatic N) is 1. The van der Waals surface area contributed by atoms with E-state index in [1.807, 2.05) is 0 Å². The van der Waals surface area contributed by atoms with Gasteiger partial charge < -0.3 is 123 Å². The molecule has 12 amide bonds. The van der Waals surface area contributed by atoms with E-state index in [0.717, 1.165) is 0 Å². The lowest BCUT2D eigenvalue weighted by Crippen LogP contribution is -2.61. The second-order valence-electron chi connectivity index (χ2n) is 28.9. The van der Waals surface area contributed by atoms with Crippen molar-refractivity contribution in [2.45, 2.75) is 203 Å². The molecule has 39 heteroatoms. The van der Waals surface area contributed by atoms with E-state index in [-0.39, 0.29) is 154 Å². The molecular weight excluding hydrogens is 1500 g/mol. The van der Waals surface area contributed by atoms with Gasteiger partial charge in [0.2, 0.25) is 70.9 Å². The molecule has 4 bridgehead atoms. The maximum absolute atomic E-state index is 15.3. The first-order chi connectivity index (χ1) is 55.3. The lowest BCUT2D eigenvalue weighted by Gasteiger charge is -2.30. The summed E-state index contributed by atoms with van der Waals surface area (Å²) in [4.78, 5) is 173. The van der Waals surface area contributed by atoms with Gasteiger partial charge in [0.15, 0.2) is 23.8 Å². The van der Waals surface area contributed by atoms with E-state index in [1.165, 1.54) is 18.7 Å². The van der Waals surface area contributed by atoms with Gasteiger partial charge in [0.05, 0.1) is 0 Å². The molecule has 30 N–H and O–H groups in total. The molecule has 116 heavy (non-hydrogen) atoms. The van der Waals surface area contributed by atoms with E-state index in [0.29, 0.717) is 54.0 Å². The van der Waals surface area contributed by atoms with Gasteiger partial charge in [-0.2, -0.15) is 0 Å². The Morgan fingerprint density at radius 1 is 0.509 bits per heavy atom. The number of hydrogen-bond donors (Lipinski definition) is 24. The average Bonchev–Trinajstić information content (AvgIpc) is 1.62. The third-order valence-electron chi connectivity index (χ3n) is 18.8. The van der Waals surface area contributed by atoms with Gasteiger partial charge in [-0.3, -0.25) is 79.2 Å². The van der Waals surface area contributed by atoms with E-state index in [1.54, 1.807) is 105 Å². The van der Waals surface area contributed by atoms with Crippen LogP contribution in [-0.4, -0.2) is 219 Å². The summed E-state index contributed by atoms with van der Waals surface area (Å²) in [7, 11) is 0. The molecule has 3 aliphatic heterocycles. The van der Waals surface area contributed by atoms with E-state index < -0.39 is 149 Å². The molecule has 6 rings (SSSR count). The van der Waals surface area contributed by atoms with Crippen molar-refractivity contribution in [3.8, 4) is 11.5 Å². The van der Waals surface area contributed by atoms with Crippen LogP contribution in [0.15, 0.2) is 91.0 Å². The van der Waals surface area contributed by atoms with Crippen molar-refractivity contribution in [2.75, 3.05) is 52.5 Å². The highest BCUT2D eigenvalue weighted by Gasteiger charge is 2.41. The SMILES string of the molecule is CC(=O)N[C@@H](Cc1ccccc1)C(=O)N[C@H]1Cc2ccc(cc2)OC/C=C/COc2cccc(c2)C[C@@H](C(=O)N[C@@H](CCCNC(=N)N)C(=O)N[C@@H](CC(C)C)C(=O)N[C@@H](CCCNC(=N)N)C(=O)N[C@@H](CCCNC(=N)N)C(=O)N[C@H](C)C(=O)N[C@@H](CCCNC(=N)N)C(=O)N2CCC[C@H]2C(=O)N[C@@H](CCCCN)C(N)=O)NC1=O. The quantitative estimate of drug-likeness (QED) is 0.0114. The molecule has 3 heterocycles. The van der Waals surface area contributed by atoms with Crippen LogP contribution in [0.1, 0.15) is 134 Å². The summed E-state index contributed by atoms with van der Waals surface area (Å²) in [5.74, 6) is -10.5. The van der Waals surface area contributed by atoms with Crippen LogP contribution in [0.5, 0.6) is 11.5 Å². The second-order valence-corrected chi connectivity index (χ2v) is 28.9. The van der Waals surface area contributed by atoms with Gasteiger partial charge in [-0.25, -0.2) is 0 Å². The minimum Gasteiger partial charge on any atom is -0.490 e. The Morgan fingerprint density at radius 2 is 1.01 bits per heavy atom. The van der Waals surface area contributed by atoms with Crippen LogP contribution in [-0.2, 0) is 76.8 Å². The summed E-state index contributed by atoms with van der Waals surface area (Å²) in [6.45, 7) is 7.09. The van der Waals surface area contributed by atoms with Crippen LogP contribution in [0, 0.1) is 27.6 Å². The second kappa shape index (κ2) is 50.0. The summed E-state index contributed by atoms with van der Waals surface area (Å²) in [6.07, 6.45) is 4.96. The van der Waals surface area contributed by atoms with Crippen LogP contribution in [0.4, 0.5) is 0 Å². The van der Waals surface area contributed by atoms with E-state index in [4.69, 9.17) is 65.5 Å². The molecule has 3 aromatic rings. The highest BCUT2D eigenvalue weighted by molar-refractivity contribution is 6.00. The van der Waals surface area contributed by atoms with Gasteiger partial charge in [-0.15, -0.1) is 0 Å². The third kappa shape index (κ3) is 35.0. The fourth-order valence-electron chi connectivity index (χ4n) is 12.8. The molecule has 0 aromatic heterocycles. The number of benzene rings is 3. The van der Waals surface area contributed by atoms with E-state index in [2.05, 4.69) is 74.4 Å². The molecule has 39 nitrogen and oxygen atoms in total. The van der Waals surface area contributed by atoms with Crippen LogP contribution in [0.25, 0.3) is 0 Å². The van der Waals surface area contributed by atoms with Gasteiger partial charge in [-0.05, 0) is 162 Å². The number of carbonyl (C=O) groups excluding carboxylic acids is 12. The molecule has 0 spiro atoms. The molecule has 0 aliphatic carbocycles. The fourth-order valence-corrected chi connectivity index (χ4v) is 12.8. The maximum atomic E-state index is 15.3. The van der Waals surface area contributed by atoms with Crippen molar-refractivity contribution >= 4 is 94.7 Å². The summed E-state index contributed by atoms with van der Waals surface area (Å²) in [6, 6.07) is 7.61. The zero-order chi connectivity index (χ0) is 85.2. The summed E-state index contributed by atoms with van der Waals surface area (Å²) >= 11 is 0. The van der Waals surface area contributed by atoms with Gasteiger partial charge in [0.25, 0.3) is 0 Å². The van der Waals surface area contributed by atoms with Crippen LogP contribution in [0.2, 0.25) is 0 Å². The molecule has 3 aromatic carbocycles. The van der Waals surface area contributed by atoms with Gasteiger partial charge in [0.1, 0.15) is 91.2 Å². The number of hydrogen-bond acceptors (Lipinski definition) is 19. The number of nitrogens with one attached hydrogen (secondary N) is 18. The molecule has 1 saturated heterocycles. The predicted octanol–water partition coefficient (Wildman–Crippen LogP) is -3.37. The molecule has 3 aliphatic rings. The molecule has 0 radical (unpaired) electrons. The largest absolute Gasteiger partial charge is 0.490 e. The van der Waals surface area contributed by atoms with Crippen molar-refractivity contribution in [1.82, 2.24) is 79.3 Å². The van der Waals surface area contributed by atoms with Crippen molar-refractivity contribution < 1.29 is 67.0 Å². The van der Waals surface area contributed by atoms with E-state index in [9.17, 15) is 38.4 Å². The average molecular weight is 1620 g/mol. The predicted molar refractivity (Wildman–Crippen MR) is 434 cm³/mol. The number of ether oxygens (including phenoxy) is 2. The summed E-state index contributed by atoms with van der Waals surface area (Å²) < 4.78 is 11.9. The van der Waals surface area contributed by atoms with Crippen molar-refractivity contribution in [1.29, 1.82) is 21.6 Å². The first-order valence-electron chi connectivity index (χ1n) is 39.0. The first kappa shape index (κ1) is 94.3. The van der Waals surface area contributed by atoms with Crippen molar-refractivity contribution in [2.24, 2.45) is 40.3 Å². The fraction of sp³-hybridized carbons (Fsp3) is 0.532. The number of carbonyl (C=O) groups is 12. The number of guanidine groups is 4. The lowest BCUT2D eigenvalue weighted by molar-refractivity contribution is -0.142. The van der Waals surface area contributed by atoms with Crippen molar-refractivity contribution in [3.05, 3.63) is 108 Å². The Bertz CT molecular complexity index is 3850. The lowest BCUT2D eigenvalue weighted by atomic mass is 9.99. The molecular formula is C77H119N25O14. The monoisotopic (exact) mass is 1620 g/mol. The number of fused-ring (bicyclic) bond motifs is 11. The number of rotatable bonds is 43. The van der Waals surface area contributed by atoms with Crippen molar-refractivity contribution in [3.63, 3.8) is 0 Å². The smallest absolute Gasteiger partial charge is 0.245 e. The van der Waals surface area contributed by atoms with Crippen LogP contribution in [0.3, 0.4) is 0 Å². The van der Waals surface area contributed by atoms with E-state index >= 15 is 19.2 Å². The summed E-state index contributed by atoms with van der Waals surface area (Å²) in [5.41, 5.74) is 35.4. The Morgan fingerprint density at radius 3 is 1.54 bits per heavy atom. The Hall–Kier alpha value is -12.3. The molecule has 636 valence electrons. The number of amides is 12. The zero-order valence-corrected chi connectivity index (χ0v) is 66.4. The number of unbranched alkanes of at least 4 members (excludes halogenated alkanes) is 1. The normalized spacial score (nSPS) is 17.0. The van der Waals surface area contributed by atoms with Crippen LogP contribution < -0.4 is 118 Å². The van der Waals surface area contributed by atoms with Gasteiger partial charge in [0, 0.05) is 58.9 Å². The summed E-state index contributed by atoms with van der Waals surface area (Å²) in [5, 5.41) is 68.8. The minimum absolute atomic E-state index is 0.0208. The number of likely N-dealkylation sites (tertiary alicyclic amines) is 1. The highest BCUT2D eigenvalue weighted by atomic mass is 16.5. The Balaban J connectivity index is 1.46. The topological polar surface area (TPSA) is 646 Å². The standard InChI is InChI=1S/C77H119N25O14/c1-45(2)40-58(68(109)96-55(24-14-34-89-75(82)83)66(107)95-54(23-13-33-88-74(80)81)65(106)92-46(3)64(105)98-57(26-16-36-91-77(86)87)73(114)102-37-17-27-62(102)72(113)94-53(63(79)104)22-8-9-32-78)99-67(108)56(25-15-35-90-76(84)85)97-70(111)61-44-50-20-12-21-52(41-50)116-39-11-10-38-115-51-30-28-49(29-31-51)43-60(71(112)101-61)100-69(110)59(93-47(4)103)42-48-18-6-5-7-19-48/h5-7,10-12,18-21,28-31,41,45-46,53-62H,8-9,13-17,22-27,32-40,42-44,78H2,1-4H3,(H2,79,104)(H,92,106)(H,93,103)(H,94,113)(H,95,107)(H,96,109)(H,97,111)(H,98,105)(H,99,108)(H,100,110)(H,101,112)(H4,80,81,88)(H4,82,83,89)(H4,84,85,90)(H4,86,87,91)/b11-10+/t46-,53+,54+,55+,56+,57+,58+,59+,60+,61+,62+/m1/s1. The highest BCUT2D eigenvalue weighted by Crippen LogP contribution is 2.23. The van der Waals surface area contributed by atoms with Crippen LogP contribution >= 0.6 is 0 Å². The zero-order valence-electron chi connectivity index (χ0n) is 66.4. The molecule has 11 atom stereocenters. The molecule has 1 fully saturated rings. The Kier molecular flexibility index (Phi) is 40.7. The number of nitrogens with two attached hydrogens (primary N) is 6. The van der Waals surface area contributed by atoms with Gasteiger partial charge in [-0.1, -0.05) is 68.4 Å².